The van der Waals surface area contributed by atoms with Gasteiger partial charge in [-0.05, 0) is 25.7 Å². The lowest BCUT2D eigenvalue weighted by Crippen LogP contribution is -2.40. The number of amides is 1. The van der Waals surface area contributed by atoms with Crippen molar-refractivity contribution in [2.24, 2.45) is 5.41 Å². The third kappa shape index (κ3) is 3.41. The monoisotopic (exact) mass is 279 g/mol. The highest BCUT2D eigenvalue weighted by atomic mass is 16.4. The first kappa shape index (κ1) is 15.1. The van der Waals surface area contributed by atoms with E-state index in [0.29, 0.717) is 25.4 Å². The standard InChI is InChI=1S/C16H25NO3/c1-2-11-17(13-7-8-13)14(18)12-16(15(19)20)9-5-3-4-6-10-16/h2,13H,1,3-12H2,(H,19,20). The van der Waals surface area contributed by atoms with Crippen LogP contribution < -0.4 is 0 Å². The van der Waals surface area contributed by atoms with Crippen molar-refractivity contribution in [3.05, 3.63) is 12.7 Å². The summed E-state index contributed by atoms with van der Waals surface area (Å²) in [5, 5.41) is 9.64. The van der Waals surface area contributed by atoms with E-state index in [1.165, 1.54) is 0 Å². The molecular weight excluding hydrogens is 254 g/mol. The van der Waals surface area contributed by atoms with Gasteiger partial charge in [0.2, 0.25) is 5.91 Å². The lowest BCUT2D eigenvalue weighted by molar-refractivity contribution is -0.154. The van der Waals surface area contributed by atoms with E-state index >= 15 is 0 Å². The molecule has 2 saturated carbocycles. The highest BCUT2D eigenvalue weighted by Crippen LogP contribution is 2.40. The summed E-state index contributed by atoms with van der Waals surface area (Å²) in [6.45, 7) is 4.24. The lowest BCUT2D eigenvalue weighted by atomic mass is 9.77. The van der Waals surface area contributed by atoms with Crippen LogP contribution in [-0.4, -0.2) is 34.5 Å². The summed E-state index contributed by atoms with van der Waals surface area (Å²) < 4.78 is 0. The Bertz CT molecular complexity index is 379. The summed E-state index contributed by atoms with van der Waals surface area (Å²) in [5.74, 6) is -0.793. The number of carbonyl (C=O) groups is 2. The number of carboxylic acids is 1. The molecule has 0 bridgehead atoms. The summed E-state index contributed by atoms with van der Waals surface area (Å²) >= 11 is 0. The van der Waals surface area contributed by atoms with Gasteiger partial charge >= 0.3 is 5.97 Å². The number of hydrogen-bond acceptors (Lipinski definition) is 2. The molecule has 112 valence electrons. The molecule has 0 atom stereocenters. The molecule has 0 spiro atoms. The van der Waals surface area contributed by atoms with Gasteiger partial charge in [0, 0.05) is 19.0 Å². The molecule has 1 amide bonds. The first-order chi connectivity index (χ1) is 9.59. The number of rotatable bonds is 6. The highest BCUT2D eigenvalue weighted by molar-refractivity contribution is 5.85. The molecular formula is C16H25NO3. The molecule has 0 unspecified atom stereocenters. The first-order valence-corrected chi connectivity index (χ1v) is 7.73. The molecule has 2 aliphatic rings. The van der Waals surface area contributed by atoms with E-state index in [4.69, 9.17) is 0 Å². The van der Waals surface area contributed by atoms with E-state index in [2.05, 4.69) is 6.58 Å². The maximum Gasteiger partial charge on any atom is 0.310 e. The second-order valence-corrected chi connectivity index (χ2v) is 6.24. The van der Waals surface area contributed by atoms with E-state index in [1.54, 1.807) is 6.08 Å². The SMILES string of the molecule is C=CCN(C(=O)CC1(C(=O)O)CCCCCC1)C1CC1. The van der Waals surface area contributed by atoms with Crippen LogP contribution in [0.1, 0.15) is 57.8 Å². The van der Waals surface area contributed by atoms with E-state index in [-0.39, 0.29) is 12.3 Å². The van der Waals surface area contributed by atoms with Crippen molar-refractivity contribution in [3.8, 4) is 0 Å². The molecule has 1 N–H and O–H groups in total. The Morgan fingerprint density at radius 2 is 1.80 bits per heavy atom. The van der Waals surface area contributed by atoms with Gasteiger partial charge in [-0.3, -0.25) is 9.59 Å². The van der Waals surface area contributed by atoms with E-state index < -0.39 is 11.4 Å². The van der Waals surface area contributed by atoms with Crippen LogP contribution in [0.2, 0.25) is 0 Å². The van der Waals surface area contributed by atoms with Gasteiger partial charge in [0.1, 0.15) is 0 Å². The van der Waals surface area contributed by atoms with Crippen molar-refractivity contribution in [3.63, 3.8) is 0 Å². The number of carboxylic acid groups (broad SMARTS) is 1. The molecule has 0 aliphatic heterocycles. The van der Waals surface area contributed by atoms with E-state index in [9.17, 15) is 14.7 Å². The van der Waals surface area contributed by atoms with Gasteiger partial charge in [0.05, 0.1) is 5.41 Å². The number of hydrogen-bond donors (Lipinski definition) is 1. The predicted octanol–water partition coefficient (Wildman–Crippen LogP) is 2.98. The fourth-order valence-corrected chi connectivity index (χ4v) is 3.24. The molecule has 4 nitrogen and oxygen atoms in total. The molecule has 0 aromatic heterocycles. The maximum absolute atomic E-state index is 12.5. The van der Waals surface area contributed by atoms with Crippen LogP contribution in [0.4, 0.5) is 0 Å². The molecule has 0 aromatic rings. The van der Waals surface area contributed by atoms with Crippen LogP contribution in [0.15, 0.2) is 12.7 Å². The summed E-state index contributed by atoms with van der Waals surface area (Å²) in [5.41, 5.74) is -0.831. The molecule has 0 radical (unpaired) electrons. The molecule has 2 fully saturated rings. The van der Waals surface area contributed by atoms with Gasteiger partial charge in [0.15, 0.2) is 0 Å². The summed E-state index contributed by atoms with van der Waals surface area (Å²) in [6, 6.07) is 0.317. The quantitative estimate of drug-likeness (QED) is 0.600. The largest absolute Gasteiger partial charge is 0.481 e. The van der Waals surface area contributed by atoms with Gasteiger partial charge in [-0.25, -0.2) is 0 Å². The van der Waals surface area contributed by atoms with E-state index in [1.807, 2.05) is 4.90 Å². The van der Waals surface area contributed by atoms with Crippen molar-refractivity contribution >= 4 is 11.9 Å². The van der Waals surface area contributed by atoms with Crippen LogP contribution in [0.5, 0.6) is 0 Å². The second-order valence-electron chi connectivity index (χ2n) is 6.24. The zero-order valence-electron chi connectivity index (χ0n) is 12.1. The summed E-state index contributed by atoms with van der Waals surface area (Å²) in [7, 11) is 0. The van der Waals surface area contributed by atoms with Crippen LogP contribution in [0.3, 0.4) is 0 Å². The fraction of sp³-hybridized carbons (Fsp3) is 0.750. The van der Waals surface area contributed by atoms with E-state index in [0.717, 1.165) is 38.5 Å². The molecule has 4 heteroatoms. The second kappa shape index (κ2) is 6.42. The van der Waals surface area contributed by atoms with Gasteiger partial charge in [-0.15, -0.1) is 6.58 Å². The maximum atomic E-state index is 12.5. The van der Waals surface area contributed by atoms with Crippen LogP contribution in [-0.2, 0) is 9.59 Å². The van der Waals surface area contributed by atoms with Crippen molar-refractivity contribution in [1.82, 2.24) is 4.90 Å². The van der Waals surface area contributed by atoms with Gasteiger partial charge in [-0.2, -0.15) is 0 Å². The normalized spacial score (nSPS) is 21.8. The highest BCUT2D eigenvalue weighted by Gasteiger charge is 2.43. The average molecular weight is 279 g/mol. The topological polar surface area (TPSA) is 57.6 Å². The Morgan fingerprint density at radius 1 is 1.20 bits per heavy atom. The number of carbonyl (C=O) groups excluding carboxylic acids is 1. The summed E-state index contributed by atoms with van der Waals surface area (Å²) in [4.78, 5) is 26.1. The molecule has 0 saturated heterocycles. The van der Waals surface area contributed by atoms with Crippen LogP contribution in [0.25, 0.3) is 0 Å². The van der Waals surface area contributed by atoms with Crippen molar-refractivity contribution < 1.29 is 14.7 Å². The fourth-order valence-electron chi connectivity index (χ4n) is 3.24. The summed E-state index contributed by atoms with van der Waals surface area (Å²) in [6.07, 6.45) is 9.27. The minimum Gasteiger partial charge on any atom is -0.481 e. The molecule has 0 aromatic carbocycles. The third-order valence-electron chi connectivity index (χ3n) is 4.64. The van der Waals surface area contributed by atoms with Crippen LogP contribution >= 0.6 is 0 Å². The van der Waals surface area contributed by atoms with Gasteiger partial charge < -0.3 is 10.0 Å². The molecule has 20 heavy (non-hydrogen) atoms. The zero-order chi connectivity index (χ0) is 14.6. The Morgan fingerprint density at radius 3 is 2.25 bits per heavy atom. The van der Waals surface area contributed by atoms with Gasteiger partial charge in [0.25, 0.3) is 0 Å². The minimum absolute atomic E-state index is 0.00306. The molecule has 2 aliphatic carbocycles. The Hall–Kier alpha value is -1.32. The average Bonchev–Trinajstić information content (AvgIpc) is 3.23. The minimum atomic E-state index is -0.831. The lowest BCUT2D eigenvalue weighted by Gasteiger charge is -2.30. The third-order valence-corrected chi connectivity index (χ3v) is 4.64. The number of nitrogens with zero attached hydrogens (tertiary/aromatic N) is 1. The Kier molecular flexibility index (Phi) is 4.84. The first-order valence-electron chi connectivity index (χ1n) is 7.73. The Balaban J connectivity index is 2.07. The Labute approximate surface area is 120 Å². The van der Waals surface area contributed by atoms with Crippen molar-refractivity contribution in [2.45, 2.75) is 63.8 Å². The van der Waals surface area contributed by atoms with Crippen molar-refractivity contribution in [2.75, 3.05) is 6.54 Å². The van der Waals surface area contributed by atoms with Crippen LogP contribution in [0, 0.1) is 5.41 Å². The molecule has 0 heterocycles. The predicted molar refractivity (Wildman–Crippen MR) is 77.3 cm³/mol. The van der Waals surface area contributed by atoms with Gasteiger partial charge in [-0.1, -0.05) is 31.8 Å². The zero-order valence-corrected chi connectivity index (χ0v) is 12.1. The van der Waals surface area contributed by atoms with Crippen molar-refractivity contribution in [1.29, 1.82) is 0 Å². The molecule has 2 rings (SSSR count). The smallest absolute Gasteiger partial charge is 0.310 e. The number of aliphatic carboxylic acids is 1.